The number of nitrogens with one attached hydrogen (secondary N) is 1. The number of para-hydroxylation sites is 1. The van der Waals surface area contributed by atoms with Crippen LogP contribution < -0.4 is 14.8 Å². The molecular weight excluding hydrogens is 501 g/mol. The molecule has 4 aromatic rings. The van der Waals surface area contributed by atoms with Gasteiger partial charge in [-0.15, -0.1) is 5.10 Å². The Kier molecular flexibility index (Phi) is 8.82. The first-order valence-corrected chi connectivity index (χ1v) is 11.8. The predicted molar refractivity (Wildman–Crippen MR) is 136 cm³/mol. The molecule has 0 bridgehead atoms. The largest absolute Gasteiger partial charge is 0.491 e. The molecule has 4 rings (SSSR count). The minimum atomic E-state index is -4.44. The summed E-state index contributed by atoms with van der Waals surface area (Å²) in [7, 11) is 1.54. The number of hydrogen-bond donors (Lipinski definition) is 2. The summed E-state index contributed by atoms with van der Waals surface area (Å²) in [6, 6.07) is 21.1. The minimum absolute atomic E-state index is 0.0701. The number of halogens is 3. The number of alkyl halides is 3. The van der Waals surface area contributed by atoms with Crippen LogP contribution >= 0.6 is 0 Å². The maximum absolute atomic E-state index is 13.0. The number of rotatable bonds is 12. The van der Waals surface area contributed by atoms with Gasteiger partial charge in [0.2, 0.25) is 0 Å². The first-order chi connectivity index (χ1) is 18.3. The average molecular weight is 529 g/mol. The Hall–Kier alpha value is -4.09. The number of benzene rings is 3. The highest BCUT2D eigenvalue weighted by Gasteiger charge is 2.30. The van der Waals surface area contributed by atoms with E-state index in [0.717, 1.165) is 17.8 Å². The maximum atomic E-state index is 13.0. The molecule has 0 aliphatic heterocycles. The molecule has 38 heavy (non-hydrogen) atoms. The molecule has 0 saturated heterocycles. The molecule has 200 valence electrons. The smallest absolute Gasteiger partial charge is 0.416 e. The van der Waals surface area contributed by atoms with E-state index in [9.17, 15) is 18.3 Å². The third-order valence-electron chi connectivity index (χ3n) is 5.42. The number of aromatic nitrogens is 3. The summed E-state index contributed by atoms with van der Waals surface area (Å²) in [6.45, 7) is 0.944. The molecule has 0 spiro atoms. The van der Waals surface area contributed by atoms with Crippen LogP contribution in [0.4, 0.5) is 18.9 Å². The van der Waals surface area contributed by atoms with Crippen molar-refractivity contribution in [1.29, 1.82) is 0 Å². The van der Waals surface area contributed by atoms with Gasteiger partial charge in [-0.3, -0.25) is 0 Å². The quantitative estimate of drug-likeness (QED) is 0.255. The van der Waals surface area contributed by atoms with Crippen molar-refractivity contribution < 1.29 is 32.5 Å². The monoisotopic (exact) mass is 528 g/mol. The van der Waals surface area contributed by atoms with Crippen LogP contribution in [0.5, 0.6) is 11.8 Å². The molecule has 0 fully saturated rings. The van der Waals surface area contributed by atoms with Crippen LogP contribution in [0.15, 0.2) is 78.9 Å². The van der Waals surface area contributed by atoms with Gasteiger partial charge < -0.3 is 24.6 Å². The van der Waals surface area contributed by atoms with Gasteiger partial charge in [-0.1, -0.05) is 30.3 Å². The maximum Gasteiger partial charge on any atom is 0.416 e. The van der Waals surface area contributed by atoms with Gasteiger partial charge in [0.15, 0.2) is 5.82 Å². The van der Waals surface area contributed by atoms with Crippen LogP contribution in [0.1, 0.15) is 5.56 Å². The Morgan fingerprint density at radius 2 is 1.63 bits per heavy atom. The van der Waals surface area contributed by atoms with E-state index in [1.54, 1.807) is 24.3 Å². The van der Waals surface area contributed by atoms with Gasteiger partial charge in [0, 0.05) is 24.9 Å². The van der Waals surface area contributed by atoms with Crippen molar-refractivity contribution in [3.8, 4) is 28.8 Å². The van der Waals surface area contributed by atoms with E-state index in [1.165, 1.54) is 23.9 Å². The summed E-state index contributed by atoms with van der Waals surface area (Å²) >= 11 is 0. The average Bonchev–Trinajstić information content (AvgIpc) is 3.35. The Morgan fingerprint density at radius 3 is 2.29 bits per heavy atom. The van der Waals surface area contributed by atoms with Gasteiger partial charge >= 0.3 is 12.2 Å². The Balaban J connectivity index is 1.46. The molecule has 0 saturated carbocycles. The van der Waals surface area contributed by atoms with E-state index in [0.29, 0.717) is 29.4 Å². The third-order valence-corrected chi connectivity index (χ3v) is 5.42. The summed E-state index contributed by atoms with van der Waals surface area (Å²) in [5, 5.41) is 17.8. The Morgan fingerprint density at radius 1 is 0.921 bits per heavy atom. The topological polar surface area (TPSA) is 90.7 Å². The highest BCUT2D eigenvalue weighted by atomic mass is 19.4. The van der Waals surface area contributed by atoms with Crippen LogP contribution in [0.2, 0.25) is 0 Å². The number of aliphatic hydroxyl groups excluding tert-OH is 1. The standard InChI is InChI=1S/C27H27F3N4O4/c1-36-15-16-37-26-32-25(19-7-9-20(10-8-19)27(28,29)30)34(33-26)22-13-11-21(12-14-22)31-17-23(35)18-38-24-5-3-2-4-6-24/h2-14,23,31,35H,15-18H2,1H3. The fraction of sp³-hybridized carbons (Fsp3) is 0.259. The number of anilines is 1. The Bertz CT molecular complexity index is 1280. The van der Waals surface area contributed by atoms with E-state index in [4.69, 9.17) is 14.2 Å². The molecule has 8 nitrogen and oxygen atoms in total. The van der Waals surface area contributed by atoms with E-state index >= 15 is 0 Å². The van der Waals surface area contributed by atoms with Gasteiger partial charge in [-0.2, -0.15) is 18.2 Å². The highest BCUT2D eigenvalue weighted by Crippen LogP contribution is 2.31. The lowest BCUT2D eigenvalue weighted by Crippen LogP contribution is -2.26. The third kappa shape index (κ3) is 7.24. The van der Waals surface area contributed by atoms with Gasteiger partial charge in [0.25, 0.3) is 0 Å². The molecule has 3 aromatic carbocycles. The van der Waals surface area contributed by atoms with Crippen LogP contribution in [-0.4, -0.2) is 59.5 Å². The second-order valence-electron chi connectivity index (χ2n) is 8.25. The van der Waals surface area contributed by atoms with Crippen molar-refractivity contribution in [2.75, 3.05) is 38.8 Å². The van der Waals surface area contributed by atoms with Crippen molar-refractivity contribution in [2.45, 2.75) is 12.3 Å². The molecule has 1 heterocycles. The van der Waals surface area contributed by atoms with Crippen molar-refractivity contribution in [2.24, 2.45) is 0 Å². The molecule has 11 heteroatoms. The van der Waals surface area contributed by atoms with Crippen molar-refractivity contribution in [1.82, 2.24) is 14.8 Å². The normalized spacial score (nSPS) is 12.2. The second kappa shape index (κ2) is 12.4. The molecule has 0 amide bonds. The van der Waals surface area contributed by atoms with Crippen LogP contribution in [-0.2, 0) is 10.9 Å². The number of methoxy groups -OCH3 is 1. The molecule has 0 aliphatic carbocycles. The second-order valence-corrected chi connectivity index (χ2v) is 8.25. The molecule has 1 unspecified atom stereocenters. The highest BCUT2D eigenvalue weighted by molar-refractivity contribution is 5.60. The number of aliphatic hydroxyl groups is 1. The predicted octanol–water partition coefficient (Wildman–Crippen LogP) is 4.83. The first kappa shape index (κ1) is 27.0. The SMILES string of the molecule is COCCOc1nc(-c2ccc(C(F)(F)F)cc2)n(-c2ccc(NCC(O)COc3ccccc3)cc2)n1. The van der Waals surface area contributed by atoms with Crippen molar-refractivity contribution in [3.63, 3.8) is 0 Å². The molecule has 1 aromatic heterocycles. The van der Waals surface area contributed by atoms with Crippen LogP contribution in [0, 0.1) is 0 Å². The van der Waals surface area contributed by atoms with Gasteiger partial charge in [-0.25, -0.2) is 4.68 Å². The van der Waals surface area contributed by atoms with E-state index in [-0.39, 0.29) is 25.8 Å². The summed E-state index contributed by atoms with van der Waals surface area (Å²) < 4.78 is 56.6. The molecule has 0 radical (unpaired) electrons. The summed E-state index contributed by atoms with van der Waals surface area (Å²) in [6.07, 6.45) is -5.17. The van der Waals surface area contributed by atoms with E-state index in [1.807, 2.05) is 30.3 Å². The first-order valence-electron chi connectivity index (χ1n) is 11.8. The zero-order valence-electron chi connectivity index (χ0n) is 20.6. The number of hydrogen-bond acceptors (Lipinski definition) is 7. The lowest BCUT2D eigenvalue weighted by molar-refractivity contribution is -0.137. The zero-order valence-corrected chi connectivity index (χ0v) is 20.6. The molecule has 0 aliphatic rings. The Labute approximate surface area is 217 Å². The van der Waals surface area contributed by atoms with E-state index in [2.05, 4.69) is 15.4 Å². The molecular formula is C27H27F3N4O4. The summed E-state index contributed by atoms with van der Waals surface area (Å²) in [5.74, 6) is 0.999. The molecule has 1 atom stereocenters. The fourth-order valence-electron chi connectivity index (χ4n) is 3.47. The minimum Gasteiger partial charge on any atom is -0.491 e. The van der Waals surface area contributed by atoms with E-state index < -0.39 is 17.8 Å². The number of ether oxygens (including phenoxy) is 3. The zero-order chi connectivity index (χ0) is 27.0. The lowest BCUT2D eigenvalue weighted by Gasteiger charge is -2.14. The van der Waals surface area contributed by atoms with Crippen LogP contribution in [0.3, 0.4) is 0 Å². The van der Waals surface area contributed by atoms with Gasteiger partial charge in [0.05, 0.1) is 17.9 Å². The summed E-state index contributed by atoms with van der Waals surface area (Å²) in [5.41, 5.74) is 1.05. The number of nitrogens with zero attached hydrogens (tertiary/aromatic N) is 3. The van der Waals surface area contributed by atoms with Crippen LogP contribution in [0.25, 0.3) is 17.1 Å². The van der Waals surface area contributed by atoms with Crippen molar-refractivity contribution in [3.05, 3.63) is 84.4 Å². The van der Waals surface area contributed by atoms with Gasteiger partial charge in [0.1, 0.15) is 25.1 Å². The fourth-order valence-corrected chi connectivity index (χ4v) is 3.47. The molecule has 2 N–H and O–H groups in total. The summed E-state index contributed by atoms with van der Waals surface area (Å²) in [4.78, 5) is 4.38. The lowest BCUT2D eigenvalue weighted by atomic mass is 10.1. The van der Waals surface area contributed by atoms with Crippen molar-refractivity contribution >= 4 is 5.69 Å². The van der Waals surface area contributed by atoms with Gasteiger partial charge in [-0.05, 0) is 48.5 Å².